The van der Waals surface area contributed by atoms with Crippen LogP contribution in [0.2, 0.25) is 0 Å². The van der Waals surface area contributed by atoms with E-state index in [1.54, 1.807) is 6.08 Å². The molecule has 6 heteroatoms. The normalized spacial score (nSPS) is 28.3. The minimum Gasteiger partial charge on any atom is -0.462 e. The molecule has 0 saturated carbocycles. The van der Waals surface area contributed by atoms with E-state index in [-0.39, 0.29) is 18.1 Å². The summed E-state index contributed by atoms with van der Waals surface area (Å²) in [7, 11) is 0. The third-order valence-corrected chi connectivity index (χ3v) is 4.38. The Morgan fingerprint density at radius 3 is 2.67 bits per heavy atom. The zero-order valence-electron chi connectivity index (χ0n) is 12.3. The van der Waals surface area contributed by atoms with Gasteiger partial charge >= 0.3 is 0 Å². The summed E-state index contributed by atoms with van der Waals surface area (Å²) in [6.07, 6.45) is 2.05. The van der Waals surface area contributed by atoms with Crippen LogP contribution in [0.15, 0.2) is 26.4 Å². The molecule has 3 rings (SSSR count). The molecule has 1 fully saturated rings. The minimum absolute atomic E-state index is 0.146. The van der Waals surface area contributed by atoms with E-state index in [2.05, 4.69) is 9.89 Å². The first-order valence-electron chi connectivity index (χ1n) is 7.00. The quantitative estimate of drug-likeness (QED) is 0.747. The molecular formula is C15H18N2O3S. The van der Waals surface area contributed by atoms with Crippen LogP contribution in [-0.4, -0.2) is 41.3 Å². The molecule has 5 nitrogen and oxygen atoms in total. The molecule has 0 unspecified atom stereocenters. The number of hydrogen-bond acceptors (Lipinski definition) is 5. The molecule has 2 aliphatic heterocycles. The van der Waals surface area contributed by atoms with Crippen LogP contribution in [0.5, 0.6) is 0 Å². The molecule has 0 bridgehead atoms. The molecule has 3 heterocycles. The lowest BCUT2D eigenvalue weighted by atomic mass is 10.2. The van der Waals surface area contributed by atoms with Crippen molar-refractivity contribution in [2.75, 3.05) is 13.1 Å². The Bertz CT molecular complexity index is 610. The zero-order chi connectivity index (χ0) is 15.0. The van der Waals surface area contributed by atoms with Crippen molar-refractivity contribution in [1.82, 2.24) is 4.90 Å². The van der Waals surface area contributed by atoms with Gasteiger partial charge in [0.25, 0.3) is 5.91 Å². The van der Waals surface area contributed by atoms with Crippen molar-refractivity contribution in [3.05, 3.63) is 28.6 Å². The fourth-order valence-electron chi connectivity index (χ4n) is 2.53. The van der Waals surface area contributed by atoms with Crippen molar-refractivity contribution in [2.45, 2.75) is 33.0 Å². The number of nitrogens with zero attached hydrogens (tertiary/aromatic N) is 2. The summed E-state index contributed by atoms with van der Waals surface area (Å²) in [4.78, 5) is 18.9. The number of amidine groups is 1. The molecule has 1 amide bonds. The Labute approximate surface area is 128 Å². The van der Waals surface area contributed by atoms with Gasteiger partial charge in [-0.2, -0.15) is 4.99 Å². The first kappa shape index (κ1) is 14.4. The highest BCUT2D eigenvalue weighted by molar-refractivity contribution is 8.18. The van der Waals surface area contributed by atoms with Crippen molar-refractivity contribution in [3.63, 3.8) is 0 Å². The Hall–Kier alpha value is -1.53. The summed E-state index contributed by atoms with van der Waals surface area (Å²) in [5.41, 5.74) is 0. The molecule has 21 heavy (non-hydrogen) atoms. The monoisotopic (exact) mass is 306 g/mol. The molecule has 1 aromatic rings. The van der Waals surface area contributed by atoms with Crippen molar-refractivity contribution in [2.24, 2.45) is 4.99 Å². The third kappa shape index (κ3) is 3.22. The molecule has 1 saturated heterocycles. The number of aryl methyl sites for hydroxylation is 1. The van der Waals surface area contributed by atoms with E-state index in [0.29, 0.717) is 10.7 Å². The van der Waals surface area contributed by atoms with Gasteiger partial charge in [-0.25, -0.2) is 0 Å². The number of hydrogen-bond donors (Lipinski definition) is 0. The molecule has 0 spiro atoms. The summed E-state index contributed by atoms with van der Waals surface area (Å²) in [6.45, 7) is 7.47. The summed E-state index contributed by atoms with van der Waals surface area (Å²) in [5, 5.41) is 0.761. The average molecular weight is 306 g/mol. The number of rotatable bonds is 1. The highest BCUT2D eigenvalue weighted by Gasteiger charge is 2.31. The van der Waals surface area contributed by atoms with Crippen LogP contribution in [0, 0.1) is 6.92 Å². The van der Waals surface area contributed by atoms with E-state index in [1.165, 1.54) is 11.8 Å². The van der Waals surface area contributed by atoms with Crippen molar-refractivity contribution in [1.29, 1.82) is 0 Å². The number of amides is 1. The van der Waals surface area contributed by atoms with E-state index in [9.17, 15) is 4.79 Å². The van der Waals surface area contributed by atoms with Gasteiger partial charge in [-0.3, -0.25) is 4.79 Å². The zero-order valence-corrected chi connectivity index (χ0v) is 13.1. The number of carbonyl (C=O) groups excluding carboxylic acids is 1. The van der Waals surface area contributed by atoms with Gasteiger partial charge in [0.15, 0.2) is 5.17 Å². The van der Waals surface area contributed by atoms with E-state index >= 15 is 0 Å². The number of aliphatic imine (C=N–C) groups is 1. The van der Waals surface area contributed by atoms with Crippen LogP contribution in [0.1, 0.15) is 25.4 Å². The predicted molar refractivity (Wildman–Crippen MR) is 83.0 cm³/mol. The minimum atomic E-state index is -0.198. The lowest BCUT2D eigenvalue weighted by Gasteiger charge is -2.35. The SMILES string of the molecule is Cc1ccc(/C=C2/SC(N3C[C@@H](C)O[C@@H](C)C3)=NC2=O)o1. The van der Waals surface area contributed by atoms with Crippen LogP contribution in [-0.2, 0) is 9.53 Å². The number of thioether (sulfide) groups is 1. The smallest absolute Gasteiger partial charge is 0.286 e. The van der Waals surface area contributed by atoms with Gasteiger partial charge in [0.1, 0.15) is 11.5 Å². The molecule has 2 atom stereocenters. The largest absolute Gasteiger partial charge is 0.462 e. The van der Waals surface area contributed by atoms with Crippen LogP contribution in [0.3, 0.4) is 0 Å². The summed E-state index contributed by atoms with van der Waals surface area (Å²) >= 11 is 1.41. The molecule has 0 aromatic carbocycles. The lowest BCUT2D eigenvalue weighted by Crippen LogP contribution is -2.47. The highest BCUT2D eigenvalue weighted by atomic mass is 32.2. The second-order valence-corrected chi connectivity index (χ2v) is 6.43. The van der Waals surface area contributed by atoms with E-state index in [1.807, 2.05) is 32.9 Å². The van der Waals surface area contributed by atoms with Gasteiger partial charge in [0.2, 0.25) is 0 Å². The summed E-state index contributed by atoms with van der Waals surface area (Å²) in [5.74, 6) is 1.31. The van der Waals surface area contributed by atoms with Crippen LogP contribution < -0.4 is 0 Å². The Balaban J connectivity index is 1.74. The topological polar surface area (TPSA) is 55.0 Å². The highest BCUT2D eigenvalue weighted by Crippen LogP contribution is 2.31. The third-order valence-electron chi connectivity index (χ3n) is 3.33. The van der Waals surface area contributed by atoms with Gasteiger partial charge in [-0.05, 0) is 44.7 Å². The van der Waals surface area contributed by atoms with E-state index in [4.69, 9.17) is 9.15 Å². The van der Waals surface area contributed by atoms with Crippen molar-refractivity contribution >= 4 is 28.9 Å². The van der Waals surface area contributed by atoms with Crippen LogP contribution in [0.4, 0.5) is 0 Å². The van der Waals surface area contributed by atoms with E-state index in [0.717, 1.165) is 24.0 Å². The van der Waals surface area contributed by atoms with Crippen molar-refractivity contribution in [3.8, 4) is 0 Å². The number of ether oxygens (including phenoxy) is 1. The predicted octanol–water partition coefficient (Wildman–Crippen LogP) is 2.67. The van der Waals surface area contributed by atoms with Crippen molar-refractivity contribution < 1.29 is 13.9 Å². The number of morpholine rings is 1. The summed E-state index contributed by atoms with van der Waals surface area (Å²) < 4.78 is 11.2. The average Bonchev–Trinajstić information content (AvgIpc) is 2.96. The second kappa shape index (κ2) is 5.69. The first-order valence-corrected chi connectivity index (χ1v) is 7.82. The van der Waals surface area contributed by atoms with Gasteiger partial charge in [-0.1, -0.05) is 0 Å². The van der Waals surface area contributed by atoms with Gasteiger partial charge in [0.05, 0.1) is 17.1 Å². The molecular weight excluding hydrogens is 288 g/mol. The van der Waals surface area contributed by atoms with Crippen LogP contribution >= 0.6 is 11.8 Å². The second-order valence-electron chi connectivity index (χ2n) is 5.42. The fourth-order valence-corrected chi connectivity index (χ4v) is 3.44. The van der Waals surface area contributed by atoms with Gasteiger partial charge in [-0.15, -0.1) is 0 Å². The Morgan fingerprint density at radius 1 is 1.33 bits per heavy atom. The number of carbonyl (C=O) groups is 1. The molecule has 0 aliphatic carbocycles. The Kier molecular flexibility index (Phi) is 3.91. The fraction of sp³-hybridized carbons (Fsp3) is 0.467. The maximum Gasteiger partial charge on any atom is 0.286 e. The molecule has 0 N–H and O–H groups in total. The maximum absolute atomic E-state index is 12.0. The maximum atomic E-state index is 12.0. The molecule has 2 aliphatic rings. The lowest BCUT2D eigenvalue weighted by molar-refractivity contribution is -0.113. The van der Waals surface area contributed by atoms with Crippen LogP contribution in [0.25, 0.3) is 6.08 Å². The number of furan rings is 1. The molecule has 0 radical (unpaired) electrons. The van der Waals surface area contributed by atoms with E-state index < -0.39 is 0 Å². The molecule has 112 valence electrons. The summed E-state index contributed by atoms with van der Waals surface area (Å²) in [6, 6.07) is 3.73. The standard InChI is InChI=1S/C15H18N2O3S/c1-9-4-5-12(20-9)6-13-14(18)16-15(21-13)17-7-10(2)19-11(3)8-17/h4-6,10-11H,7-8H2,1-3H3/b13-6+/t10-,11+. The Morgan fingerprint density at radius 2 is 2.05 bits per heavy atom. The molecule has 1 aromatic heterocycles. The first-order chi connectivity index (χ1) is 10.0. The van der Waals surface area contributed by atoms with Gasteiger partial charge in [0, 0.05) is 19.2 Å². The van der Waals surface area contributed by atoms with Gasteiger partial charge < -0.3 is 14.1 Å².